The van der Waals surface area contributed by atoms with Gasteiger partial charge in [-0.05, 0) is 83.5 Å². The standard InChI is InChI=1S/C76H143NO5/c1-3-5-7-9-11-13-15-17-19-20-21-22-23-29-32-35-38-41-44-48-52-56-60-64-68-74(79)73(72-78)77-75(80)69-65-61-57-53-49-45-42-39-36-33-30-27-25-24-26-28-31-34-37-40-43-47-51-55-59-63-67-71-82-76(81)70-66-62-58-54-50-46-18-16-14-12-10-8-6-4-2/h10,12,16,18,24-25,28,31,73-74,78-79H,3-9,11,13-15,17,19-23,26-27,29-30,32-72H2,1-2H3,(H,77,80)/b12-10-,18-16-,25-24-,31-28-. The number of rotatable bonds is 69. The number of aliphatic hydroxyl groups excluding tert-OH is 2. The molecule has 0 aromatic carbocycles. The Bertz CT molecular complexity index is 1370. The van der Waals surface area contributed by atoms with Gasteiger partial charge in [0.05, 0.1) is 25.4 Å². The molecule has 0 saturated carbocycles. The third-order valence-electron chi connectivity index (χ3n) is 17.1. The number of hydrogen-bond acceptors (Lipinski definition) is 5. The van der Waals surface area contributed by atoms with Crippen molar-refractivity contribution in [3.05, 3.63) is 48.6 Å². The Hall–Kier alpha value is -2.18. The number of esters is 1. The molecule has 0 radical (unpaired) electrons. The lowest BCUT2D eigenvalue weighted by atomic mass is 10.0. The first kappa shape index (κ1) is 79.8. The van der Waals surface area contributed by atoms with Crippen LogP contribution in [0.1, 0.15) is 399 Å². The van der Waals surface area contributed by atoms with E-state index in [1.54, 1.807) is 0 Å². The van der Waals surface area contributed by atoms with Crippen molar-refractivity contribution in [2.75, 3.05) is 13.2 Å². The summed E-state index contributed by atoms with van der Waals surface area (Å²) < 4.78 is 5.48. The van der Waals surface area contributed by atoms with E-state index >= 15 is 0 Å². The highest BCUT2D eigenvalue weighted by Gasteiger charge is 2.20. The van der Waals surface area contributed by atoms with E-state index in [2.05, 4.69) is 67.8 Å². The van der Waals surface area contributed by atoms with Gasteiger partial charge in [-0.25, -0.2) is 0 Å². The first-order valence-electron chi connectivity index (χ1n) is 36.9. The molecule has 2 atom stereocenters. The van der Waals surface area contributed by atoms with Crippen LogP contribution in [0, 0.1) is 0 Å². The highest BCUT2D eigenvalue weighted by molar-refractivity contribution is 5.76. The maximum Gasteiger partial charge on any atom is 0.305 e. The average molecular weight is 1150 g/mol. The second-order valence-electron chi connectivity index (χ2n) is 25.3. The van der Waals surface area contributed by atoms with E-state index in [-0.39, 0.29) is 18.5 Å². The van der Waals surface area contributed by atoms with Crippen LogP contribution in [0.5, 0.6) is 0 Å². The monoisotopic (exact) mass is 1150 g/mol. The first-order chi connectivity index (χ1) is 40.5. The molecule has 0 fully saturated rings. The van der Waals surface area contributed by atoms with E-state index in [0.717, 1.165) is 57.8 Å². The SMILES string of the molecule is CCCC/C=C\C/C=C\CCCCCCCC(=O)OCCCCCCCCCCC/C=C\C/C=C\CCCCCCCCCCCCCC(=O)NC(CO)C(O)CCCCCCCCCCCCCCCCCCCCCCCCCC. The van der Waals surface area contributed by atoms with Crippen LogP contribution in [0.3, 0.4) is 0 Å². The van der Waals surface area contributed by atoms with E-state index in [0.29, 0.717) is 25.9 Å². The van der Waals surface area contributed by atoms with Crippen LogP contribution in [0.15, 0.2) is 48.6 Å². The molecule has 0 aliphatic rings. The van der Waals surface area contributed by atoms with Gasteiger partial charge in [0.25, 0.3) is 0 Å². The molecule has 0 aromatic heterocycles. The zero-order chi connectivity index (χ0) is 59.2. The van der Waals surface area contributed by atoms with E-state index in [1.807, 2.05) is 0 Å². The molecule has 2 unspecified atom stereocenters. The molecule has 0 rings (SSSR count). The Morgan fingerprint density at radius 1 is 0.341 bits per heavy atom. The third-order valence-corrected chi connectivity index (χ3v) is 17.1. The number of unbranched alkanes of at least 4 members (excludes halogenated alkanes) is 50. The van der Waals surface area contributed by atoms with E-state index < -0.39 is 12.1 Å². The minimum atomic E-state index is -0.669. The number of carbonyl (C=O) groups excluding carboxylic acids is 2. The molecule has 0 saturated heterocycles. The normalized spacial score (nSPS) is 12.8. The average Bonchev–Trinajstić information content (AvgIpc) is 3.48. The van der Waals surface area contributed by atoms with Crippen LogP contribution >= 0.6 is 0 Å². The lowest BCUT2D eigenvalue weighted by molar-refractivity contribution is -0.143. The van der Waals surface area contributed by atoms with Crippen LogP contribution in [0.2, 0.25) is 0 Å². The Morgan fingerprint density at radius 2 is 0.622 bits per heavy atom. The first-order valence-corrected chi connectivity index (χ1v) is 36.9. The van der Waals surface area contributed by atoms with E-state index in [4.69, 9.17) is 4.74 Å². The van der Waals surface area contributed by atoms with Crippen molar-refractivity contribution in [3.63, 3.8) is 0 Å². The van der Waals surface area contributed by atoms with Crippen molar-refractivity contribution in [1.29, 1.82) is 0 Å². The molecule has 3 N–H and O–H groups in total. The fourth-order valence-corrected chi connectivity index (χ4v) is 11.5. The molecule has 0 aromatic rings. The summed E-state index contributed by atoms with van der Waals surface area (Å²) in [6, 6.07) is -0.546. The topological polar surface area (TPSA) is 95.9 Å². The van der Waals surface area contributed by atoms with Gasteiger partial charge in [-0.1, -0.05) is 351 Å². The van der Waals surface area contributed by atoms with Gasteiger partial charge in [-0.15, -0.1) is 0 Å². The Balaban J connectivity index is 3.42. The van der Waals surface area contributed by atoms with Gasteiger partial charge in [0, 0.05) is 12.8 Å². The molecule has 82 heavy (non-hydrogen) atoms. The molecule has 6 heteroatoms. The summed E-state index contributed by atoms with van der Waals surface area (Å²) in [5, 5.41) is 23.5. The van der Waals surface area contributed by atoms with Gasteiger partial charge in [-0.2, -0.15) is 0 Å². The van der Waals surface area contributed by atoms with Crippen molar-refractivity contribution in [2.45, 2.75) is 411 Å². The Kier molecular flexibility index (Phi) is 69.4. The van der Waals surface area contributed by atoms with E-state index in [9.17, 15) is 19.8 Å². The third kappa shape index (κ3) is 67.0. The number of hydrogen-bond donors (Lipinski definition) is 3. The number of ether oxygens (including phenoxy) is 1. The number of carbonyl (C=O) groups is 2. The molecule has 0 heterocycles. The summed E-state index contributed by atoms with van der Waals surface area (Å²) in [6.07, 6.45) is 93.1. The molecular weight excluding hydrogens is 1010 g/mol. The number of aliphatic hydroxyl groups is 2. The fourth-order valence-electron chi connectivity index (χ4n) is 11.5. The minimum Gasteiger partial charge on any atom is -0.466 e. The molecule has 6 nitrogen and oxygen atoms in total. The van der Waals surface area contributed by atoms with Gasteiger partial charge in [-0.3, -0.25) is 9.59 Å². The molecule has 0 bridgehead atoms. The summed E-state index contributed by atoms with van der Waals surface area (Å²) in [4.78, 5) is 24.6. The second kappa shape index (κ2) is 71.3. The maximum atomic E-state index is 12.6. The summed E-state index contributed by atoms with van der Waals surface area (Å²) in [6.45, 7) is 4.93. The van der Waals surface area contributed by atoms with E-state index in [1.165, 1.54) is 308 Å². The number of allylic oxidation sites excluding steroid dienone is 8. The van der Waals surface area contributed by atoms with Gasteiger partial charge in [0.2, 0.25) is 5.91 Å². The van der Waals surface area contributed by atoms with Gasteiger partial charge in [0.1, 0.15) is 0 Å². The van der Waals surface area contributed by atoms with Gasteiger partial charge >= 0.3 is 5.97 Å². The van der Waals surface area contributed by atoms with Gasteiger partial charge in [0.15, 0.2) is 0 Å². The van der Waals surface area contributed by atoms with Crippen molar-refractivity contribution in [1.82, 2.24) is 5.32 Å². The summed E-state index contributed by atoms with van der Waals surface area (Å²) in [5.74, 6) is -0.0377. The number of nitrogens with one attached hydrogen (secondary N) is 1. The van der Waals surface area contributed by atoms with Crippen molar-refractivity contribution in [2.24, 2.45) is 0 Å². The smallest absolute Gasteiger partial charge is 0.305 e. The van der Waals surface area contributed by atoms with Crippen molar-refractivity contribution >= 4 is 11.9 Å². The second-order valence-corrected chi connectivity index (χ2v) is 25.3. The molecule has 482 valence electrons. The quantitative estimate of drug-likeness (QED) is 0.0320. The fraction of sp³-hybridized carbons (Fsp3) is 0.868. The summed E-state index contributed by atoms with van der Waals surface area (Å²) in [7, 11) is 0. The largest absolute Gasteiger partial charge is 0.466 e. The van der Waals surface area contributed by atoms with Gasteiger partial charge < -0.3 is 20.3 Å². The van der Waals surface area contributed by atoms with Crippen LogP contribution in [-0.2, 0) is 14.3 Å². The highest BCUT2D eigenvalue weighted by Crippen LogP contribution is 2.19. The lowest BCUT2D eigenvalue weighted by Crippen LogP contribution is -2.45. The Morgan fingerprint density at radius 3 is 0.963 bits per heavy atom. The van der Waals surface area contributed by atoms with Crippen LogP contribution in [-0.4, -0.2) is 47.4 Å². The van der Waals surface area contributed by atoms with Crippen LogP contribution in [0.25, 0.3) is 0 Å². The maximum absolute atomic E-state index is 12.6. The predicted molar refractivity (Wildman–Crippen MR) is 361 cm³/mol. The Labute approximate surface area is 512 Å². The molecular formula is C76H143NO5. The van der Waals surface area contributed by atoms with Crippen molar-refractivity contribution < 1.29 is 24.5 Å². The minimum absolute atomic E-state index is 0.00368. The van der Waals surface area contributed by atoms with Crippen LogP contribution in [0.4, 0.5) is 0 Å². The zero-order valence-corrected chi connectivity index (χ0v) is 55.2. The van der Waals surface area contributed by atoms with Crippen LogP contribution < -0.4 is 5.32 Å². The molecule has 0 aliphatic heterocycles. The highest BCUT2D eigenvalue weighted by atomic mass is 16.5. The summed E-state index contributed by atoms with van der Waals surface area (Å²) >= 11 is 0. The molecule has 1 amide bonds. The van der Waals surface area contributed by atoms with Crippen molar-refractivity contribution in [3.8, 4) is 0 Å². The zero-order valence-electron chi connectivity index (χ0n) is 55.2. The lowest BCUT2D eigenvalue weighted by Gasteiger charge is -2.22. The molecule has 0 aliphatic carbocycles. The molecule has 0 spiro atoms. The number of amides is 1. The predicted octanol–water partition coefficient (Wildman–Crippen LogP) is 24.0. The summed E-state index contributed by atoms with van der Waals surface area (Å²) in [5.41, 5.74) is 0.